The van der Waals surface area contributed by atoms with Crippen molar-refractivity contribution in [2.45, 2.75) is 25.0 Å². The van der Waals surface area contributed by atoms with Crippen LogP contribution in [0.15, 0.2) is 97.1 Å². The molecule has 1 saturated heterocycles. The zero-order chi connectivity index (χ0) is 25.2. The quantitative estimate of drug-likeness (QED) is 0.277. The number of carbonyl (C=O) groups excluding carboxylic acids is 1. The Morgan fingerprint density at radius 3 is 2.22 bits per heavy atom. The summed E-state index contributed by atoms with van der Waals surface area (Å²) in [6.07, 6.45) is 0.175. The molecule has 5 rings (SSSR count). The molecule has 4 aromatic carbocycles. The summed E-state index contributed by atoms with van der Waals surface area (Å²) in [6, 6.07) is 26.6. The number of nitrogens with zero attached hydrogens (tertiary/aromatic N) is 1. The predicted molar refractivity (Wildman–Crippen MR) is 136 cm³/mol. The van der Waals surface area contributed by atoms with Gasteiger partial charge in [-0.15, -0.1) is 0 Å². The Hall–Kier alpha value is -4.16. The molecule has 1 aliphatic heterocycles. The van der Waals surface area contributed by atoms with Crippen molar-refractivity contribution in [3.63, 3.8) is 0 Å². The highest BCUT2D eigenvalue weighted by molar-refractivity contribution is 6.03. The minimum Gasteiger partial charge on any atom is -0.508 e. The molecule has 0 aliphatic carbocycles. The van der Waals surface area contributed by atoms with Gasteiger partial charge >= 0.3 is 0 Å². The van der Waals surface area contributed by atoms with Crippen molar-refractivity contribution in [1.82, 2.24) is 0 Å². The first-order chi connectivity index (χ1) is 17.4. The van der Waals surface area contributed by atoms with E-state index in [0.717, 1.165) is 16.7 Å². The number of amides is 1. The van der Waals surface area contributed by atoms with Gasteiger partial charge in [-0.05, 0) is 72.0 Å². The molecule has 0 unspecified atom stereocenters. The minimum absolute atomic E-state index is 0.0552. The number of hydrogen-bond acceptors (Lipinski definition) is 4. The molecule has 1 heterocycles. The van der Waals surface area contributed by atoms with Crippen LogP contribution in [0.3, 0.4) is 0 Å². The largest absolute Gasteiger partial charge is 0.508 e. The van der Waals surface area contributed by atoms with Crippen LogP contribution in [0.2, 0.25) is 0 Å². The van der Waals surface area contributed by atoms with Crippen molar-refractivity contribution in [1.29, 1.82) is 0 Å². The number of aromatic hydroxyl groups is 2. The minimum atomic E-state index is -0.690. The Morgan fingerprint density at radius 1 is 0.861 bits per heavy atom. The first kappa shape index (κ1) is 23.6. The van der Waals surface area contributed by atoms with E-state index in [9.17, 15) is 24.5 Å². The third-order valence-corrected chi connectivity index (χ3v) is 6.80. The van der Waals surface area contributed by atoms with E-state index in [1.165, 1.54) is 12.1 Å². The molecule has 0 bridgehead atoms. The highest BCUT2D eigenvalue weighted by atomic mass is 19.1. The molecule has 1 fully saturated rings. The van der Waals surface area contributed by atoms with E-state index < -0.39 is 12.0 Å². The highest BCUT2D eigenvalue weighted by Crippen LogP contribution is 2.47. The van der Waals surface area contributed by atoms with Gasteiger partial charge in [-0.1, -0.05) is 54.6 Å². The molecule has 3 atom stereocenters. The number of rotatable bonds is 7. The zero-order valence-electron chi connectivity index (χ0n) is 19.5. The molecule has 0 saturated carbocycles. The molecule has 5 nitrogen and oxygen atoms in total. The summed E-state index contributed by atoms with van der Waals surface area (Å²) in [5.41, 5.74) is 3.48. The number of hydrogen-bond donors (Lipinski definition) is 3. The van der Waals surface area contributed by atoms with Gasteiger partial charge in [0.15, 0.2) is 0 Å². The number of halogens is 1. The van der Waals surface area contributed by atoms with Gasteiger partial charge in [0.1, 0.15) is 17.3 Å². The molecule has 0 radical (unpaired) electrons. The van der Waals surface area contributed by atoms with E-state index in [1.54, 1.807) is 53.4 Å². The van der Waals surface area contributed by atoms with Crippen molar-refractivity contribution in [2.75, 3.05) is 4.90 Å². The maximum Gasteiger partial charge on any atom is 0.233 e. The lowest BCUT2D eigenvalue weighted by molar-refractivity contribution is -0.131. The molecule has 6 heteroatoms. The molecule has 1 aliphatic rings. The van der Waals surface area contributed by atoms with Crippen LogP contribution in [0.1, 0.15) is 36.1 Å². The van der Waals surface area contributed by atoms with Crippen LogP contribution in [-0.4, -0.2) is 21.2 Å². The summed E-state index contributed by atoms with van der Waals surface area (Å²) in [5.74, 6) is -0.694. The Morgan fingerprint density at radius 2 is 1.56 bits per heavy atom. The summed E-state index contributed by atoms with van der Waals surface area (Å²) < 4.78 is 13.5. The van der Waals surface area contributed by atoms with E-state index in [0.29, 0.717) is 24.1 Å². The van der Waals surface area contributed by atoms with Crippen molar-refractivity contribution in [2.24, 2.45) is 5.92 Å². The average Bonchev–Trinajstić information content (AvgIpc) is 2.89. The number of benzene rings is 4. The first-order valence-corrected chi connectivity index (χ1v) is 11.9. The van der Waals surface area contributed by atoms with E-state index in [2.05, 4.69) is 0 Å². The predicted octanol–water partition coefficient (Wildman–Crippen LogP) is 6.12. The van der Waals surface area contributed by atoms with Crippen LogP contribution >= 0.6 is 0 Å². The number of aliphatic hydroxyl groups is 1. The maximum absolute atomic E-state index is 13.5. The van der Waals surface area contributed by atoms with Crippen LogP contribution in [0.25, 0.3) is 11.1 Å². The van der Waals surface area contributed by atoms with Crippen LogP contribution in [0, 0.1) is 11.7 Å². The number of β-lactam (4-membered cyclic amide) rings is 1. The summed E-state index contributed by atoms with van der Waals surface area (Å²) in [5, 5.41) is 31.0. The number of anilines is 1. The van der Waals surface area contributed by atoms with Crippen LogP contribution < -0.4 is 4.90 Å². The fourth-order valence-corrected chi connectivity index (χ4v) is 4.90. The van der Waals surface area contributed by atoms with Crippen LogP contribution in [0.4, 0.5) is 10.1 Å². The normalized spacial score (nSPS) is 18.1. The Labute approximate surface area is 208 Å². The number of phenolic OH excluding ortho intramolecular Hbond substituents is 2. The molecule has 182 valence electrons. The van der Waals surface area contributed by atoms with Gasteiger partial charge in [0.25, 0.3) is 0 Å². The van der Waals surface area contributed by atoms with Crippen molar-refractivity contribution < 1.29 is 24.5 Å². The Bertz CT molecular complexity index is 1360. The molecular formula is C30H26FNO4. The summed E-state index contributed by atoms with van der Waals surface area (Å²) in [4.78, 5) is 14.9. The Balaban J connectivity index is 1.44. The van der Waals surface area contributed by atoms with Gasteiger partial charge in [-0.2, -0.15) is 0 Å². The zero-order valence-corrected chi connectivity index (χ0v) is 19.5. The average molecular weight is 484 g/mol. The molecule has 0 aromatic heterocycles. The summed E-state index contributed by atoms with van der Waals surface area (Å²) >= 11 is 0. The second kappa shape index (κ2) is 9.84. The van der Waals surface area contributed by atoms with E-state index in [4.69, 9.17) is 0 Å². The van der Waals surface area contributed by atoms with Crippen molar-refractivity contribution >= 4 is 11.6 Å². The molecule has 1 amide bonds. The second-order valence-electron chi connectivity index (χ2n) is 9.06. The smallest absolute Gasteiger partial charge is 0.233 e. The van der Waals surface area contributed by atoms with Gasteiger partial charge in [0.05, 0.1) is 18.1 Å². The lowest BCUT2D eigenvalue weighted by atomic mass is 9.78. The Kier molecular flexibility index (Phi) is 6.44. The van der Waals surface area contributed by atoms with Gasteiger partial charge in [-0.3, -0.25) is 4.79 Å². The van der Waals surface area contributed by atoms with Crippen LogP contribution in [-0.2, 0) is 4.79 Å². The fraction of sp³-hybridized carbons (Fsp3) is 0.167. The van der Waals surface area contributed by atoms with E-state index in [-0.39, 0.29) is 29.3 Å². The summed E-state index contributed by atoms with van der Waals surface area (Å²) in [7, 11) is 0. The van der Waals surface area contributed by atoms with Crippen molar-refractivity contribution in [3.8, 4) is 22.6 Å². The first-order valence-electron chi connectivity index (χ1n) is 11.9. The van der Waals surface area contributed by atoms with Gasteiger partial charge in [0.2, 0.25) is 5.91 Å². The van der Waals surface area contributed by atoms with E-state index >= 15 is 0 Å². The molecule has 3 N–H and O–H groups in total. The lowest BCUT2D eigenvalue weighted by Gasteiger charge is -2.48. The van der Waals surface area contributed by atoms with Gasteiger partial charge in [-0.25, -0.2) is 4.39 Å². The monoisotopic (exact) mass is 483 g/mol. The third-order valence-electron chi connectivity index (χ3n) is 6.80. The molecule has 4 aromatic rings. The number of aliphatic hydroxyl groups excluding tert-OH is 1. The number of phenols is 2. The lowest BCUT2D eigenvalue weighted by Crippen LogP contribution is -2.55. The standard InChI is InChI=1S/C30H26FNO4/c31-22-9-11-23(12-10-22)32-29(26(30(32)36)16-17-27(34)20-4-2-1-3-5-20)21-8-15-25(28(35)18-21)19-6-13-24(33)14-7-19/h1-15,18,26-27,29,33-35H,16-17H2/t26-,27+,29-/m1/s1. The SMILES string of the molecule is O=C1[C@H](CC[C@H](O)c2ccccc2)[C@@H](c2ccc(-c3ccc(O)cc3)c(O)c2)N1c1ccc(F)cc1. The topological polar surface area (TPSA) is 81.0 Å². The molecule has 0 spiro atoms. The second-order valence-corrected chi connectivity index (χ2v) is 9.06. The maximum atomic E-state index is 13.5. The molecular weight excluding hydrogens is 457 g/mol. The van der Waals surface area contributed by atoms with Crippen LogP contribution in [0.5, 0.6) is 11.5 Å². The van der Waals surface area contributed by atoms with E-state index in [1.807, 2.05) is 36.4 Å². The number of carbonyl (C=O) groups is 1. The third kappa shape index (κ3) is 4.55. The van der Waals surface area contributed by atoms with Crippen molar-refractivity contribution in [3.05, 3.63) is 114 Å². The molecule has 36 heavy (non-hydrogen) atoms. The fourth-order valence-electron chi connectivity index (χ4n) is 4.90. The highest BCUT2D eigenvalue weighted by Gasteiger charge is 2.48. The van der Waals surface area contributed by atoms with Gasteiger partial charge < -0.3 is 20.2 Å². The summed E-state index contributed by atoms with van der Waals surface area (Å²) in [6.45, 7) is 0. The van der Waals surface area contributed by atoms with Gasteiger partial charge in [0, 0.05) is 11.3 Å².